The first-order chi connectivity index (χ1) is 9.72. The van der Waals surface area contributed by atoms with Gasteiger partial charge in [0, 0.05) is 13.1 Å². The molecule has 0 heterocycles. The number of nitriles is 1. The van der Waals surface area contributed by atoms with Crippen molar-refractivity contribution in [3.05, 3.63) is 35.9 Å². The molecule has 20 heavy (non-hydrogen) atoms. The van der Waals surface area contributed by atoms with Crippen molar-refractivity contribution < 1.29 is 4.79 Å². The number of hydrogen-bond acceptors (Lipinski definition) is 2. The molecule has 0 bridgehead atoms. The van der Waals surface area contributed by atoms with E-state index in [1.807, 2.05) is 35.2 Å². The second-order valence-corrected chi connectivity index (χ2v) is 5.03. The van der Waals surface area contributed by atoms with E-state index in [0.29, 0.717) is 6.42 Å². The molecule has 1 atom stereocenters. The normalized spacial score (nSPS) is 11.7. The van der Waals surface area contributed by atoms with Crippen molar-refractivity contribution in [1.82, 2.24) is 4.90 Å². The molecule has 1 aromatic rings. The van der Waals surface area contributed by atoms with E-state index in [1.54, 1.807) is 0 Å². The molecule has 0 aliphatic carbocycles. The number of rotatable bonds is 8. The zero-order valence-electron chi connectivity index (χ0n) is 12.5. The van der Waals surface area contributed by atoms with Crippen molar-refractivity contribution in [2.45, 2.75) is 39.5 Å². The molecule has 108 valence electrons. The summed E-state index contributed by atoms with van der Waals surface area (Å²) in [6, 6.07) is 12.2. The van der Waals surface area contributed by atoms with Crippen LogP contribution in [0.2, 0.25) is 0 Å². The third kappa shape index (κ3) is 5.05. The lowest BCUT2D eigenvalue weighted by atomic mass is 9.99. The van der Waals surface area contributed by atoms with Crippen LogP contribution in [0.4, 0.5) is 0 Å². The van der Waals surface area contributed by atoms with Crippen molar-refractivity contribution in [3.63, 3.8) is 0 Å². The summed E-state index contributed by atoms with van der Waals surface area (Å²) >= 11 is 0. The lowest BCUT2D eigenvalue weighted by molar-refractivity contribution is -0.134. The van der Waals surface area contributed by atoms with Gasteiger partial charge in [-0.3, -0.25) is 4.79 Å². The Balaban J connectivity index is 2.60. The minimum atomic E-state index is -0.520. The van der Waals surface area contributed by atoms with Gasteiger partial charge in [-0.15, -0.1) is 0 Å². The number of amides is 1. The highest BCUT2D eigenvalue weighted by Gasteiger charge is 2.22. The Bertz CT molecular complexity index is 430. The monoisotopic (exact) mass is 272 g/mol. The van der Waals surface area contributed by atoms with Crippen molar-refractivity contribution in [2.75, 3.05) is 13.1 Å². The third-order valence-corrected chi connectivity index (χ3v) is 3.32. The quantitative estimate of drug-likeness (QED) is 0.728. The number of benzene rings is 1. The van der Waals surface area contributed by atoms with Crippen LogP contribution in [0.5, 0.6) is 0 Å². The molecule has 0 radical (unpaired) electrons. The van der Waals surface area contributed by atoms with Gasteiger partial charge in [-0.05, 0) is 31.2 Å². The molecule has 1 unspecified atom stereocenters. The van der Waals surface area contributed by atoms with E-state index in [2.05, 4.69) is 19.9 Å². The van der Waals surface area contributed by atoms with Gasteiger partial charge >= 0.3 is 0 Å². The maximum absolute atomic E-state index is 12.4. The van der Waals surface area contributed by atoms with Gasteiger partial charge in [-0.1, -0.05) is 44.2 Å². The van der Waals surface area contributed by atoms with Crippen LogP contribution in [0.3, 0.4) is 0 Å². The Morgan fingerprint density at radius 1 is 1.20 bits per heavy atom. The van der Waals surface area contributed by atoms with Crippen molar-refractivity contribution in [2.24, 2.45) is 5.92 Å². The predicted molar refractivity (Wildman–Crippen MR) is 81.0 cm³/mol. The van der Waals surface area contributed by atoms with Crippen LogP contribution in [0, 0.1) is 17.2 Å². The first-order valence-corrected chi connectivity index (χ1v) is 7.45. The van der Waals surface area contributed by atoms with E-state index in [4.69, 9.17) is 0 Å². The summed E-state index contributed by atoms with van der Waals surface area (Å²) in [6.07, 6.45) is 3.24. The number of carbonyl (C=O) groups is 1. The van der Waals surface area contributed by atoms with E-state index in [9.17, 15) is 10.1 Å². The van der Waals surface area contributed by atoms with Gasteiger partial charge in [0.15, 0.2) is 0 Å². The maximum Gasteiger partial charge on any atom is 0.239 e. The van der Waals surface area contributed by atoms with Gasteiger partial charge in [0.05, 0.1) is 6.07 Å². The van der Waals surface area contributed by atoms with Crippen molar-refractivity contribution >= 4 is 5.91 Å². The molecule has 3 nitrogen and oxygen atoms in total. The molecule has 0 aromatic heterocycles. The Hall–Kier alpha value is -1.82. The maximum atomic E-state index is 12.4. The third-order valence-electron chi connectivity index (χ3n) is 3.32. The minimum Gasteiger partial charge on any atom is -0.342 e. The second kappa shape index (κ2) is 9.14. The molecule has 1 aromatic carbocycles. The molecular formula is C17H24N2O. The summed E-state index contributed by atoms with van der Waals surface area (Å²) in [6.45, 7) is 5.61. The largest absolute Gasteiger partial charge is 0.342 e. The molecule has 3 heteroatoms. The fourth-order valence-corrected chi connectivity index (χ4v) is 2.29. The summed E-state index contributed by atoms with van der Waals surface area (Å²) in [5, 5.41) is 9.26. The van der Waals surface area contributed by atoms with Gasteiger partial charge in [0.2, 0.25) is 5.91 Å². The highest BCUT2D eigenvalue weighted by Crippen LogP contribution is 2.13. The van der Waals surface area contributed by atoms with Crippen LogP contribution in [0.15, 0.2) is 30.3 Å². The first kappa shape index (κ1) is 16.2. The fraction of sp³-hybridized carbons (Fsp3) is 0.529. The highest BCUT2D eigenvalue weighted by atomic mass is 16.2. The van der Waals surface area contributed by atoms with E-state index in [-0.39, 0.29) is 5.91 Å². The van der Waals surface area contributed by atoms with Crippen molar-refractivity contribution in [1.29, 1.82) is 5.26 Å². The Morgan fingerprint density at radius 2 is 1.80 bits per heavy atom. The van der Waals surface area contributed by atoms with Gasteiger partial charge in [-0.25, -0.2) is 0 Å². The SMILES string of the molecule is CCCN(CCC)C(=O)C(C#N)CCc1ccccc1. The molecular weight excluding hydrogens is 248 g/mol. The number of aryl methyl sites for hydroxylation is 1. The Morgan fingerprint density at radius 3 is 2.30 bits per heavy atom. The average molecular weight is 272 g/mol. The van der Waals surface area contributed by atoms with Crippen LogP contribution in [-0.2, 0) is 11.2 Å². The summed E-state index contributed by atoms with van der Waals surface area (Å²) in [5.41, 5.74) is 1.18. The summed E-state index contributed by atoms with van der Waals surface area (Å²) < 4.78 is 0. The Labute approximate surface area is 122 Å². The molecule has 1 amide bonds. The zero-order chi connectivity index (χ0) is 14.8. The van der Waals surface area contributed by atoms with Crippen LogP contribution in [-0.4, -0.2) is 23.9 Å². The van der Waals surface area contributed by atoms with E-state index in [0.717, 1.165) is 32.4 Å². The summed E-state index contributed by atoms with van der Waals surface area (Å²) in [5.74, 6) is -0.527. The van der Waals surface area contributed by atoms with Gasteiger partial charge < -0.3 is 4.90 Å². The highest BCUT2D eigenvalue weighted by molar-refractivity contribution is 5.81. The molecule has 0 aliphatic rings. The minimum absolute atomic E-state index is 0.00729. The average Bonchev–Trinajstić information content (AvgIpc) is 2.48. The van der Waals surface area contributed by atoms with E-state index in [1.165, 1.54) is 5.56 Å². The molecule has 0 N–H and O–H groups in total. The van der Waals surface area contributed by atoms with E-state index < -0.39 is 5.92 Å². The predicted octanol–water partition coefficient (Wildman–Crippen LogP) is 3.41. The van der Waals surface area contributed by atoms with Gasteiger partial charge in [0.1, 0.15) is 5.92 Å². The molecule has 0 saturated carbocycles. The number of hydrogen-bond donors (Lipinski definition) is 0. The van der Waals surface area contributed by atoms with Crippen LogP contribution < -0.4 is 0 Å². The lowest BCUT2D eigenvalue weighted by Crippen LogP contribution is -2.37. The van der Waals surface area contributed by atoms with Crippen molar-refractivity contribution in [3.8, 4) is 6.07 Å². The lowest BCUT2D eigenvalue weighted by Gasteiger charge is -2.23. The molecule has 0 spiro atoms. The number of nitrogens with zero attached hydrogens (tertiary/aromatic N) is 2. The summed E-state index contributed by atoms with van der Waals surface area (Å²) in [4.78, 5) is 14.2. The Kier molecular flexibility index (Phi) is 7.42. The van der Waals surface area contributed by atoms with Crippen LogP contribution in [0.25, 0.3) is 0 Å². The van der Waals surface area contributed by atoms with Gasteiger partial charge in [-0.2, -0.15) is 5.26 Å². The molecule has 0 aliphatic heterocycles. The van der Waals surface area contributed by atoms with Gasteiger partial charge in [0.25, 0.3) is 0 Å². The second-order valence-electron chi connectivity index (χ2n) is 5.03. The number of carbonyl (C=O) groups excluding carboxylic acids is 1. The molecule has 0 fully saturated rings. The first-order valence-electron chi connectivity index (χ1n) is 7.45. The van der Waals surface area contributed by atoms with Crippen LogP contribution in [0.1, 0.15) is 38.7 Å². The standard InChI is InChI=1S/C17H24N2O/c1-3-12-19(13-4-2)17(20)16(14-18)11-10-15-8-6-5-7-9-15/h5-9,16H,3-4,10-13H2,1-2H3. The topological polar surface area (TPSA) is 44.1 Å². The van der Waals surface area contributed by atoms with Crippen LogP contribution >= 0.6 is 0 Å². The fourth-order valence-electron chi connectivity index (χ4n) is 2.29. The smallest absolute Gasteiger partial charge is 0.239 e. The van der Waals surface area contributed by atoms with E-state index >= 15 is 0 Å². The zero-order valence-corrected chi connectivity index (χ0v) is 12.5. The summed E-state index contributed by atoms with van der Waals surface area (Å²) in [7, 11) is 0. The molecule has 1 rings (SSSR count). The molecule has 0 saturated heterocycles.